The van der Waals surface area contributed by atoms with E-state index in [-0.39, 0.29) is 32.0 Å². The van der Waals surface area contributed by atoms with Crippen LogP contribution in [-0.2, 0) is 32.7 Å². The van der Waals surface area contributed by atoms with Crippen LogP contribution in [0, 0.1) is 0 Å². The number of rotatable bonds is 67. The van der Waals surface area contributed by atoms with E-state index in [1.165, 1.54) is 289 Å². The monoisotopic (exact) mass is 1180 g/mol. The topological polar surface area (TPSA) is 108 Å². The summed E-state index contributed by atoms with van der Waals surface area (Å²) in [5, 5.41) is 0. The molecule has 82 heavy (non-hydrogen) atoms. The molecule has 2 unspecified atom stereocenters. The van der Waals surface area contributed by atoms with Crippen LogP contribution in [0.4, 0.5) is 0 Å². The molecule has 2 atom stereocenters. The minimum atomic E-state index is -4.39. The standard InChI is InChI=1S/C72H138NO8P/c1-6-8-10-12-14-16-18-20-22-24-25-26-27-28-29-30-31-32-33-34-35-36-37-38-39-40-41-42-43-44-45-46-47-49-51-53-55-57-59-61-63-65-72(75)81-70(69-80-82(76,77)79-67-66-73(3,4)5)68-78-71(74)64-62-60-58-56-54-52-50-48-23-21-19-17-15-13-11-9-7-2/h18,20-21,23-25,70H,6-17,19,22,26-69H2,1-5H3/p+1/b20-18-,23-21-,25-24-. The molecule has 0 aromatic heterocycles. The first-order chi connectivity index (χ1) is 40.0. The number of likely N-dealkylation sites (N-methyl/N-ethyl adjacent to an activating group) is 1. The molecule has 0 heterocycles. The lowest BCUT2D eigenvalue weighted by molar-refractivity contribution is -0.870. The number of carbonyl (C=O) groups is 2. The Morgan fingerprint density at radius 1 is 0.378 bits per heavy atom. The van der Waals surface area contributed by atoms with Crippen LogP contribution in [0.15, 0.2) is 36.5 Å². The second kappa shape index (κ2) is 63.7. The van der Waals surface area contributed by atoms with Gasteiger partial charge in [-0.15, -0.1) is 0 Å². The summed E-state index contributed by atoms with van der Waals surface area (Å²) >= 11 is 0. The molecular formula is C72H139NO8P+. The van der Waals surface area contributed by atoms with E-state index >= 15 is 0 Å². The molecule has 0 saturated heterocycles. The molecule has 0 amide bonds. The van der Waals surface area contributed by atoms with Gasteiger partial charge in [-0.3, -0.25) is 18.6 Å². The highest BCUT2D eigenvalue weighted by molar-refractivity contribution is 7.47. The molecule has 9 nitrogen and oxygen atoms in total. The number of quaternary nitrogens is 1. The first-order valence-corrected chi connectivity index (χ1v) is 37.2. The van der Waals surface area contributed by atoms with Crippen LogP contribution in [0.3, 0.4) is 0 Å². The lowest BCUT2D eigenvalue weighted by atomic mass is 10.0. The summed E-state index contributed by atoms with van der Waals surface area (Å²) in [6, 6.07) is 0. The Bertz CT molecular complexity index is 1480. The highest BCUT2D eigenvalue weighted by Crippen LogP contribution is 2.43. The van der Waals surface area contributed by atoms with E-state index in [0.29, 0.717) is 17.4 Å². The fraction of sp³-hybridized carbons (Fsp3) is 0.889. The summed E-state index contributed by atoms with van der Waals surface area (Å²) in [6.07, 6.45) is 81.3. The number of nitrogens with zero attached hydrogens (tertiary/aromatic N) is 1. The maximum Gasteiger partial charge on any atom is 0.472 e. The van der Waals surface area contributed by atoms with Crippen molar-refractivity contribution in [3.05, 3.63) is 36.5 Å². The highest BCUT2D eigenvalue weighted by Gasteiger charge is 2.27. The van der Waals surface area contributed by atoms with E-state index in [1.807, 2.05) is 21.1 Å². The van der Waals surface area contributed by atoms with Gasteiger partial charge in [0.1, 0.15) is 19.8 Å². The predicted molar refractivity (Wildman–Crippen MR) is 354 cm³/mol. The van der Waals surface area contributed by atoms with Gasteiger partial charge < -0.3 is 18.9 Å². The van der Waals surface area contributed by atoms with Crippen molar-refractivity contribution in [3.63, 3.8) is 0 Å². The molecular weight excluding hydrogens is 1040 g/mol. The SMILES string of the molecule is CCCCCCC/C=C\C/C=C\CCCCCCCCCCCCCCCCCCCCCCCCCCCCCCCC(=O)OC(COC(=O)CCCCCCCCC/C=C\CCCCCCCC)COP(=O)(O)OCC[N+](C)(C)C. The molecule has 484 valence electrons. The van der Waals surface area contributed by atoms with Gasteiger partial charge in [-0.2, -0.15) is 0 Å². The quantitative estimate of drug-likeness (QED) is 0.0211. The highest BCUT2D eigenvalue weighted by atomic mass is 31.2. The van der Waals surface area contributed by atoms with Crippen LogP contribution in [-0.4, -0.2) is 74.9 Å². The molecule has 0 rings (SSSR count). The maximum absolute atomic E-state index is 12.9. The van der Waals surface area contributed by atoms with E-state index in [1.54, 1.807) is 0 Å². The Morgan fingerprint density at radius 2 is 0.659 bits per heavy atom. The largest absolute Gasteiger partial charge is 0.472 e. The Hall–Kier alpha value is -1.77. The average molecular weight is 1180 g/mol. The zero-order valence-corrected chi connectivity index (χ0v) is 56.1. The third kappa shape index (κ3) is 67.4. The second-order valence-electron chi connectivity index (χ2n) is 25.6. The van der Waals surface area contributed by atoms with Gasteiger partial charge >= 0.3 is 19.8 Å². The number of allylic oxidation sites excluding steroid dienone is 6. The van der Waals surface area contributed by atoms with Crippen molar-refractivity contribution in [2.24, 2.45) is 0 Å². The summed E-state index contributed by atoms with van der Waals surface area (Å²) in [5.41, 5.74) is 0. The van der Waals surface area contributed by atoms with Crippen molar-refractivity contribution in [2.45, 2.75) is 367 Å². The molecule has 0 aliphatic heterocycles. The van der Waals surface area contributed by atoms with Crippen LogP contribution < -0.4 is 0 Å². The molecule has 0 saturated carbocycles. The fourth-order valence-corrected chi connectivity index (χ4v) is 11.4. The first kappa shape index (κ1) is 80.2. The van der Waals surface area contributed by atoms with Crippen LogP contribution in [0.2, 0.25) is 0 Å². The molecule has 0 aliphatic carbocycles. The Balaban J connectivity index is 3.86. The average Bonchev–Trinajstić information content (AvgIpc) is 3.45. The number of hydrogen-bond donors (Lipinski definition) is 1. The van der Waals surface area contributed by atoms with Gasteiger partial charge in [0.05, 0.1) is 27.7 Å². The van der Waals surface area contributed by atoms with Crippen LogP contribution in [0.25, 0.3) is 0 Å². The molecule has 0 bridgehead atoms. The Labute approximate surface area is 510 Å². The van der Waals surface area contributed by atoms with Crippen LogP contribution >= 0.6 is 7.82 Å². The minimum Gasteiger partial charge on any atom is -0.462 e. The molecule has 10 heteroatoms. The zero-order valence-electron chi connectivity index (χ0n) is 55.3. The summed E-state index contributed by atoms with van der Waals surface area (Å²) in [4.78, 5) is 35.8. The van der Waals surface area contributed by atoms with Crippen LogP contribution in [0.5, 0.6) is 0 Å². The number of unbranched alkanes of at least 4 members (excludes halogenated alkanes) is 47. The minimum absolute atomic E-state index is 0.0338. The lowest BCUT2D eigenvalue weighted by Crippen LogP contribution is -2.37. The van der Waals surface area contributed by atoms with Crippen molar-refractivity contribution in [2.75, 3.05) is 47.5 Å². The van der Waals surface area contributed by atoms with Gasteiger partial charge in [0, 0.05) is 12.8 Å². The molecule has 0 spiro atoms. The van der Waals surface area contributed by atoms with Gasteiger partial charge in [-0.05, 0) is 70.6 Å². The third-order valence-corrected chi connectivity index (χ3v) is 17.1. The normalized spacial score (nSPS) is 13.3. The smallest absolute Gasteiger partial charge is 0.462 e. The van der Waals surface area contributed by atoms with Gasteiger partial charge in [0.2, 0.25) is 0 Å². The van der Waals surface area contributed by atoms with Gasteiger partial charge in [0.25, 0.3) is 0 Å². The summed E-state index contributed by atoms with van der Waals surface area (Å²) in [7, 11) is 1.49. The van der Waals surface area contributed by atoms with Crippen molar-refractivity contribution in [1.82, 2.24) is 0 Å². The van der Waals surface area contributed by atoms with Crippen molar-refractivity contribution < 1.29 is 42.1 Å². The van der Waals surface area contributed by atoms with Gasteiger partial charge in [-0.25, -0.2) is 4.57 Å². The number of carbonyl (C=O) groups excluding carboxylic acids is 2. The van der Waals surface area contributed by atoms with Gasteiger partial charge in [-0.1, -0.05) is 314 Å². The Kier molecular flexibility index (Phi) is 62.3. The predicted octanol–water partition coefficient (Wildman–Crippen LogP) is 23.1. The van der Waals surface area contributed by atoms with E-state index in [4.69, 9.17) is 18.5 Å². The van der Waals surface area contributed by atoms with E-state index < -0.39 is 26.5 Å². The summed E-state index contributed by atoms with van der Waals surface area (Å²) < 4.78 is 34.7. The molecule has 1 N–H and O–H groups in total. The van der Waals surface area contributed by atoms with Crippen molar-refractivity contribution in [3.8, 4) is 0 Å². The Morgan fingerprint density at radius 3 is 0.976 bits per heavy atom. The second-order valence-corrected chi connectivity index (χ2v) is 27.1. The number of ether oxygens (including phenoxy) is 2. The van der Waals surface area contributed by atoms with Crippen molar-refractivity contribution in [1.29, 1.82) is 0 Å². The first-order valence-electron chi connectivity index (χ1n) is 35.7. The van der Waals surface area contributed by atoms with E-state index in [0.717, 1.165) is 38.5 Å². The molecule has 0 radical (unpaired) electrons. The third-order valence-electron chi connectivity index (χ3n) is 16.1. The van der Waals surface area contributed by atoms with Crippen molar-refractivity contribution >= 4 is 19.8 Å². The molecule has 0 aromatic carbocycles. The maximum atomic E-state index is 12.9. The van der Waals surface area contributed by atoms with E-state index in [2.05, 4.69) is 50.3 Å². The number of phosphoric acid groups is 1. The summed E-state index contributed by atoms with van der Waals surface area (Å²) in [5.74, 6) is -0.784. The lowest BCUT2D eigenvalue weighted by Gasteiger charge is -2.24. The zero-order chi connectivity index (χ0) is 59.8. The molecule has 0 fully saturated rings. The van der Waals surface area contributed by atoms with E-state index in [9.17, 15) is 19.0 Å². The summed E-state index contributed by atoms with van der Waals surface area (Å²) in [6.45, 7) is 4.47. The number of esters is 2. The van der Waals surface area contributed by atoms with Crippen LogP contribution in [0.1, 0.15) is 361 Å². The molecule has 0 aromatic rings. The van der Waals surface area contributed by atoms with Gasteiger partial charge in [0.15, 0.2) is 6.10 Å². The number of phosphoric ester groups is 1. The fourth-order valence-electron chi connectivity index (χ4n) is 10.6. The number of hydrogen-bond acceptors (Lipinski definition) is 7. The molecule has 0 aliphatic rings.